The maximum absolute atomic E-state index is 13.6. The predicted molar refractivity (Wildman–Crippen MR) is 76.8 cm³/mol. The molecule has 104 valence electrons. The van der Waals surface area contributed by atoms with Crippen molar-refractivity contribution < 1.29 is 13.9 Å². The van der Waals surface area contributed by atoms with Gasteiger partial charge in [-0.15, -0.1) is 0 Å². The molecule has 0 saturated heterocycles. The first-order valence-electron chi connectivity index (χ1n) is 5.72. The number of para-hydroxylation sites is 1. The van der Waals surface area contributed by atoms with Gasteiger partial charge in [0, 0.05) is 6.07 Å². The fourth-order valence-electron chi connectivity index (χ4n) is 1.65. The largest absolute Gasteiger partial charge is 0.497 e. The van der Waals surface area contributed by atoms with Crippen molar-refractivity contribution in [2.45, 2.75) is 0 Å². The predicted octanol–water partition coefficient (Wildman–Crippen LogP) is 3.32. The van der Waals surface area contributed by atoms with Crippen molar-refractivity contribution in [3.63, 3.8) is 0 Å². The minimum Gasteiger partial charge on any atom is -0.497 e. The molecule has 0 fully saturated rings. The average Bonchev–Trinajstić information content (AvgIpc) is 2.44. The third-order valence-electron chi connectivity index (χ3n) is 2.72. The normalized spacial score (nSPS) is 10.2. The van der Waals surface area contributed by atoms with Crippen molar-refractivity contribution in [1.29, 1.82) is 0 Å². The van der Waals surface area contributed by atoms with Crippen LogP contribution in [0.5, 0.6) is 5.75 Å². The molecule has 0 aromatic heterocycles. The fourth-order valence-corrected chi connectivity index (χ4v) is 1.83. The van der Waals surface area contributed by atoms with Gasteiger partial charge < -0.3 is 15.8 Å². The summed E-state index contributed by atoms with van der Waals surface area (Å²) in [6.07, 6.45) is 0. The van der Waals surface area contributed by atoms with Crippen LogP contribution in [0.2, 0.25) is 5.02 Å². The summed E-state index contributed by atoms with van der Waals surface area (Å²) in [4.78, 5) is 12.1. The Kier molecular flexibility index (Phi) is 4.10. The third kappa shape index (κ3) is 2.83. The highest BCUT2D eigenvalue weighted by atomic mass is 35.5. The zero-order chi connectivity index (χ0) is 14.7. The lowest BCUT2D eigenvalue weighted by Crippen LogP contribution is -2.15. The van der Waals surface area contributed by atoms with Crippen molar-refractivity contribution in [1.82, 2.24) is 0 Å². The van der Waals surface area contributed by atoms with E-state index in [2.05, 4.69) is 5.32 Å². The molecule has 0 aliphatic rings. The summed E-state index contributed by atoms with van der Waals surface area (Å²) in [5.74, 6) is -0.683. The molecule has 2 aromatic rings. The zero-order valence-corrected chi connectivity index (χ0v) is 11.4. The van der Waals surface area contributed by atoms with E-state index in [1.54, 1.807) is 12.1 Å². The van der Waals surface area contributed by atoms with Gasteiger partial charge in [0.2, 0.25) is 0 Å². The van der Waals surface area contributed by atoms with Gasteiger partial charge in [0.25, 0.3) is 5.91 Å². The molecule has 0 bridgehead atoms. The van der Waals surface area contributed by atoms with Gasteiger partial charge in [0.05, 0.1) is 29.1 Å². The monoisotopic (exact) mass is 294 g/mol. The molecule has 4 nitrogen and oxygen atoms in total. The van der Waals surface area contributed by atoms with Gasteiger partial charge in [-0.25, -0.2) is 4.39 Å². The Morgan fingerprint density at radius 1 is 1.35 bits per heavy atom. The summed E-state index contributed by atoms with van der Waals surface area (Å²) in [6.45, 7) is 0. The van der Waals surface area contributed by atoms with Crippen LogP contribution in [0.1, 0.15) is 10.4 Å². The molecule has 3 N–H and O–H groups in total. The first-order chi connectivity index (χ1) is 9.52. The van der Waals surface area contributed by atoms with Crippen molar-refractivity contribution >= 4 is 28.9 Å². The van der Waals surface area contributed by atoms with E-state index in [9.17, 15) is 9.18 Å². The Hall–Kier alpha value is -2.27. The third-order valence-corrected chi connectivity index (χ3v) is 3.05. The van der Waals surface area contributed by atoms with E-state index in [-0.39, 0.29) is 22.0 Å². The number of nitrogens with one attached hydrogen (secondary N) is 1. The van der Waals surface area contributed by atoms with Crippen LogP contribution >= 0.6 is 11.6 Å². The van der Waals surface area contributed by atoms with Crippen LogP contribution in [0.15, 0.2) is 36.4 Å². The van der Waals surface area contributed by atoms with Crippen LogP contribution in [0.25, 0.3) is 0 Å². The molecule has 0 saturated carbocycles. The molecule has 0 aliphatic heterocycles. The van der Waals surface area contributed by atoms with Crippen LogP contribution in [-0.4, -0.2) is 13.0 Å². The second-order valence-electron chi connectivity index (χ2n) is 4.00. The number of hydrogen-bond donors (Lipinski definition) is 2. The van der Waals surface area contributed by atoms with E-state index >= 15 is 0 Å². The molecule has 0 spiro atoms. The standard InChI is InChI=1S/C14H12ClFN2O2/c1-20-8-5-6-11(16)12(7-8)18-14(19)9-3-2-4-10(15)13(9)17/h2-7H,17H2,1H3,(H,18,19). The van der Waals surface area contributed by atoms with Crippen LogP contribution in [0, 0.1) is 5.82 Å². The summed E-state index contributed by atoms with van der Waals surface area (Å²) in [5, 5.41) is 2.70. The molecule has 0 radical (unpaired) electrons. The lowest BCUT2D eigenvalue weighted by atomic mass is 10.1. The highest BCUT2D eigenvalue weighted by molar-refractivity contribution is 6.34. The van der Waals surface area contributed by atoms with Crippen molar-refractivity contribution in [3.8, 4) is 5.75 Å². The summed E-state index contributed by atoms with van der Waals surface area (Å²) in [7, 11) is 1.45. The highest BCUT2D eigenvalue weighted by Gasteiger charge is 2.14. The molecule has 0 atom stereocenters. The topological polar surface area (TPSA) is 64.3 Å². The quantitative estimate of drug-likeness (QED) is 0.854. The lowest BCUT2D eigenvalue weighted by Gasteiger charge is -2.10. The van der Waals surface area contributed by atoms with E-state index in [1.165, 1.54) is 31.4 Å². The number of ether oxygens (including phenoxy) is 1. The summed E-state index contributed by atoms with van der Waals surface area (Å²) >= 11 is 5.84. The van der Waals surface area contributed by atoms with Gasteiger partial charge in [0.1, 0.15) is 11.6 Å². The Morgan fingerprint density at radius 3 is 2.80 bits per heavy atom. The molecule has 1 amide bonds. The number of hydrogen-bond acceptors (Lipinski definition) is 3. The van der Waals surface area contributed by atoms with Crippen LogP contribution in [-0.2, 0) is 0 Å². The molecular weight excluding hydrogens is 283 g/mol. The van der Waals surface area contributed by atoms with Crippen molar-refractivity contribution in [2.75, 3.05) is 18.2 Å². The minimum atomic E-state index is -0.570. The molecule has 0 unspecified atom stereocenters. The Bertz CT molecular complexity index is 662. The van der Waals surface area contributed by atoms with Crippen molar-refractivity contribution in [2.24, 2.45) is 0 Å². The van der Waals surface area contributed by atoms with E-state index in [0.717, 1.165) is 0 Å². The van der Waals surface area contributed by atoms with Gasteiger partial charge in [0.15, 0.2) is 0 Å². The van der Waals surface area contributed by atoms with E-state index in [1.807, 2.05) is 0 Å². The van der Waals surface area contributed by atoms with Crippen molar-refractivity contribution in [3.05, 3.63) is 52.8 Å². The molecule has 2 rings (SSSR count). The number of benzene rings is 2. The van der Waals surface area contributed by atoms with Gasteiger partial charge in [-0.3, -0.25) is 4.79 Å². The van der Waals surface area contributed by atoms with E-state index in [0.29, 0.717) is 5.75 Å². The van der Waals surface area contributed by atoms with Gasteiger partial charge in [-0.05, 0) is 24.3 Å². The SMILES string of the molecule is COc1ccc(F)c(NC(=O)c2cccc(Cl)c2N)c1. The minimum absolute atomic E-state index is 0.00808. The van der Waals surface area contributed by atoms with E-state index in [4.69, 9.17) is 22.1 Å². The number of carbonyl (C=O) groups is 1. The number of methoxy groups -OCH3 is 1. The lowest BCUT2D eigenvalue weighted by molar-refractivity contribution is 0.102. The Morgan fingerprint density at radius 2 is 2.10 bits per heavy atom. The number of amides is 1. The fraction of sp³-hybridized carbons (Fsp3) is 0.0714. The van der Waals surface area contributed by atoms with Crippen LogP contribution in [0.4, 0.5) is 15.8 Å². The summed E-state index contributed by atoms with van der Waals surface area (Å²) in [6, 6.07) is 8.71. The molecular formula is C14H12ClFN2O2. The highest BCUT2D eigenvalue weighted by Crippen LogP contribution is 2.25. The number of halogens is 2. The first kappa shape index (κ1) is 14.1. The number of rotatable bonds is 3. The average molecular weight is 295 g/mol. The smallest absolute Gasteiger partial charge is 0.257 e. The van der Waals surface area contributed by atoms with Gasteiger partial charge in [-0.1, -0.05) is 17.7 Å². The maximum Gasteiger partial charge on any atom is 0.257 e. The molecule has 6 heteroatoms. The number of carbonyl (C=O) groups excluding carboxylic acids is 1. The van der Waals surface area contributed by atoms with Crippen LogP contribution < -0.4 is 15.8 Å². The maximum atomic E-state index is 13.6. The molecule has 0 heterocycles. The summed E-state index contributed by atoms with van der Waals surface area (Å²) < 4.78 is 18.6. The second-order valence-corrected chi connectivity index (χ2v) is 4.41. The van der Waals surface area contributed by atoms with Crippen LogP contribution in [0.3, 0.4) is 0 Å². The van der Waals surface area contributed by atoms with Gasteiger partial charge in [-0.2, -0.15) is 0 Å². The number of nitrogen functional groups attached to an aromatic ring is 1. The van der Waals surface area contributed by atoms with E-state index < -0.39 is 11.7 Å². The second kappa shape index (κ2) is 5.79. The Labute approximate surface area is 120 Å². The zero-order valence-electron chi connectivity index (χ0n) is 10.6. The molecule has 2 aromatic carbocycles. The first-order valence-corrected chi connectivity index (χ1v) is 6.09. The number of nitrogens with two attached hydrogens (primary N) is 1. The molecule has 20 heavy (non-hydrogen) atoms. The summed E-state index contributed by atoms with van der Waals surface area (Å²) in [5.41, 5.74) is 6.06. The molecule has 0 aliphatic carbocycles. The van der Waals surface area contributed by atoms with Gasteiger partial charge >= 0.3 is 0 Å². The number of anilines is 2. The Balaban J connectivity index is 2.30.